The lowest BCUT2D eigenvalue weighted by Crippen LogP contribution is -2.07. The van der Waals surface area contributed by atoms with Crippen LogP contribution in [-0.4, -0.2) is 11.8 Å². The summed E-state index contributed by atoms with van der Waals surface area (Å²) < 4.78 is 9.95. The maximum absolute atomic E-state index is 11.2. The van der Waals surface area contributed by atoms with Crippen LogP contribution in [0.2, 0.25) is 0 Å². The van der Waals surface area contributed by atoms with Gasteiger partial charge in [-0.1, -0.05) is 6.58 Å². The molecule has 0 saturated carbocycles. The number of rotatable bonds is 5. The maximum atomic E-state index is 11.2. The standard InChI is InChI=1S/C12H12O4/c1-3-10(8-11-5-4-6-15-11)16-12(14)7-9(2)13/h3-6,8H,1,7H2,2H3/b10-8+. The van der Waals surface area contributed by atoms with Crippen LogP contribution in [0.25, 0.3) is 6.08 Å². The van der Waals surface area contributed by atoms with Gasteiger partial charge in [-0.2, -0.15) is 0 Å². The van der Waals surface area contributed by atoms with E-state index in [-0.39, 0.29) is 18.0 Å². The Balaban J connectivity index is 2.66. The predicted molar refractivity (Wildman–Crippen MR) is 58.3 cm³/mol. The van der Waals surface area contributed by atoms with E-state index in [4.69, 9.17) is 9.15 Å². The molecule has 0 amide bonds. The molecule has 4 heteroatoms. The first kappa shape index (κ1) is 12.0. The Morgan fingerprint density at radius 2 is 2.31 bits per heavy atom. The van der Waals surface area contributed by atoms with Crippen LogP contribution in [-0.2, 0) is 14.3 Å². The van der Waals surface area contributed by atoms with Crippen LogP contribution in [0.4, 0.5) is 0 Å². The smallest absolute Gasteiger partial charge is 0.318 e. The molecule has 84 valence electrons. The van der Waals surface area contributed by atoms with Crippen molar-refractivity contribution in [3.8, 4) is 0 Å². The van der Waals surface area contributed by atoms with Gasteiger partial charge in [0, 0.05) is 6.08 Å². The number of hydrogen-bond donors (Lipinski definition) is 0. The molecule has 0 saturated heterocycles. The molecule has 0 bridgehead atoms. The van der Waals surface area contributed by atoms with Gasteiger partial charge in [-0.3, -0.25) is 9.59 Å². The molecule has 1 rings (SSSR count). The Bertz CT molecular complexity index is 412. The number of ether oxygens (including phenoxy) is 1. The number of esters is 1. The first-order valence-electron chi connectivity index (χ1n) is 4.69. The Morgan fingerprint density at radius 3 is 2.81 bits per heavy atom. The normalized spacial score (nSPS) is 10.9. The third-order valence-corrected chi connectivity index (χ3v) is 1.65. The number of ketones is 1. The van der Waals surface area contributed by atoms with Gasteiger partial charge in [0.05, 0.1) is 6.26 Å². The third-order valence-electron chi connectivity index (χ3n) is 1.65. The fourth-order valence-electron chi connectivity index (χ4n) is 1.01. The van der Waals surface area contributed by atoms with E-state index in [1.807, 2.05) is 0 Å². The van der Waals surface area contributed by atoms with Gasteiger partial charge in [0.2, 0.25) is 0 Å². The molecule has 0 unspecified atom stereocenters. The molecule has 0 aromatic carbocycles. The van der Waals surface area contributed by atoms with E-state index in [9.17, 15) is 9.59 Å². The monoisotopic (exact) mass is 220 g/mol. The molecule has 1 aromatic heterocycles. The minimum absolute atomic E-state index is 0.244. The minimum Gasteiger partial charge on any atom is -0.465 e. The summed E-state index contributed by atoms with van der Waals surface area (Å²) in [6.07, 6.45) is 4.15. The Morgan fingerprint density at radius 1 is 1.56 bits per heavy atom. The van der Waals surface area contributed by atoms with Crippen LogP contribution in [0.1, 0.15) is 19.1 Å². The van der Waals surface area contributed by atoms with E-state index in [2.05, 4.69) is 6.58 Å². The van der Waals surface area contributed by atoms with Crippen LogP contribution < -0.4 is 0 Å². The highest BCUT2D eigenvalue weighted by atomic mass is 16.5. The highest BCUT2D eigenvalue weighted by Crippen LogP contribution is 2.10. The Kier molecular flexibility index (Phi) is 4.27. The number of carbonyl (C=O) groups excluding carboxylic acids is 2. The minimum atomic E-state index is -0.606. The van der Waals surface area contributed by atoms with Crippen LogP contribution in [0.5, 0.6) is 0 Å². The molecule has 0 N–H and O–H groups in total. The topological polar surface area (TPSA) is 56.5 Å². The van der Waals surface area contributed by atoms with E-state index in [0.717, 1.165) is 0 Å². The predicted octanol–water partition coefficient (Wildman–Crippen LogP) is 2.33. The van der Waals surface area contributed by atoms with E-state index in [1.165, 1.54) is 25.3 Å². The zero-order valence-corrected chi connectivity index (χ0v) is 8.93. The second-order valence-electron chi connectivity index (χ2n) is 3.12. The van der Waals surface area contributed by atoms with Crippen LogP contribution in [0.15, 0.2) is 41.2 Å². The molecule has 0 spiro atoms. The van der Waals surface area contributed by atoms with Gasteiger partial charge >= 0.3 is 5.97 Å². The maximum Gasteiger partial charge on any atom is 0.318 e. The second kappa shape index (κ2) is 5.70. The van der Waals surface area contributed by atoms with Crippen molar-refractivity contribution in [1.29, 1.82) is 0 Å². The zero-order chi connectivity index (χ0) is 12.0. The lowest BCUT2D eigenvalue weighted by molar-refractivity contribution is -0.141. The van der Waals surface area contributed by atoms with Gasteiger partial charge in [0.25, 0.3) is 0 Å². The number of furan rings is 1. The first-order valence-corrected chi connectivity index (χ1v) is 4.69. The van der Waals surface area contributed by atoms with Gasteiger partial charge < -0.3 is 9.15 Å². The fourth-order valence-corrected chi connectivity index (χ4v) is 1.01. The molecular formula is C12H12O4. The number of Topliss-reactive ketones (excluding diaryl/α,β-unsaturated/α-hetero) is 1. The molecule has 1 aromatic rings. The average molecular weight is 220 g/mol. The van der Waals surface area contributed by atoms with Crippen LogP contribution in [0, 0.1) is 0 Å². The zero-order valence-electron chi connectivity index (χ0n) is 8.93. The molecule has 4 nitrogen and oxygen atoms in total. The largest absolute Gasteiger partial charge is 0.465 e. The SMILES string of the molecule is C=C/C(=C\c1ccco1)OC(=O)CC(C)=O. The van der Waals surface area contributed by atoms with Gasteiger partial charge in [-0.15, -0.1) is 0 Å². The summed E-state index contributed by atoms with van der Waals surface area (Å²) >= 11 is 0. The van der Waals surface area contributed by atoms with Crippen LogP contribution in [0.3, 0.4) is 0 Å². The van der Waals surface area contributed by atoms with Crippen molar-refractivity contribution in [1.82, 2.24) is 0 Å². The number of allylic oxidation sites excluding steroid dienone is 1. The highest BCUT2D eigenvalue weighted by Gasteiger charge is 2.08. The van der Waals surface area contributed by atoms with Crippen molar-refractivity contribution in [2.75, 3.05) is 0 Å². The molecule has 0 fully saturated rings. The quantitative estimate of drug-likeness (QED) is 0.331. The average Bonchev–Trinajstić information content (AvgIpc) is 2.68. The molecule has 0 aliphatic rings. The molecular weight excluding hydrogens is 208 g/mol. The van der Waals surface area contributed by atoms with E-state index < -0.39 is 5.97 Å². The molecule has 0 radical (unpaired) electrons. The molecule has 0 aliphatic heterocycles. The summed E-state index contributed by atoms with van der Waals surface area (Å²) in [4.78, 5) is 21.9. The lowest BCUT2D eigenvalue weighted by atomic mass is 10.3. The van der Waals surface area contributed by atoms with Crippen molar-refractivity contribution in [3.63, 3.8) is 0 Å². The van der Waals surface area contributed by atoms with Crippen molar-refractivity contribution < 1.29 is 18.7 Å². The Labute approximate surface area is 93.2 Å². The fraction of sp³-hybridized carbons (Fsp3) is 0.167. The lowest BCUT2D eigenvalue weighted by Gasteiger charge is -2.02. The van der Waals surface area contributed by atoms with E-state index in [0.29, 0.717) is 5.76 Å². The number of hydrogen-bond acceptors (Lipinski definition) is 4. The highest BCUT2D eigenvalue weighted by molar-refractivity contribution is 5.94. The summed E-state index contributed by atoms with van der Waals surface area (Å²) in [5.41, 5.74) is 0. The van der Waals surface area contributed by atoms with Gasteiger partial charge in [0.15, 0.2) is 0 Å². The molecule has 0 atom stereocenters. The third kappa shape index (κ3) is 3.96. The van der Waals surface area contributed by atoms with Crippen molar-refractivity contribution in [2.45, 2.75) is 13.3 Å². The second-order valence-corrected chi connectivity index (χ2v) is 3.12. The van der Waals surface area contributed by atoms with Crippen LogP contribution >= 0.6 is 0 Å². The Hall–Kier alpha value is -2.10. The first-order chi connectivity index (χ1) is 7.61. The summed E-state index contributed by atoms with van der Waals surface area (Å²) in [7, 11) is 0. The number of carbonyl (C=O) groups is 2. The van der Waals surface area contributed by atoms with Crippen molar-refractivity contribution in [3.05, 3.63) is 42.6 Å². The van der Waals surface area contributed by atoms with Crippen molar-refractivity contribution >= 4 is 17.8 Å². The molecule has 0 aliphatic carbocycles. The molecule has 1 heterocycles. The summed E-state index contributed by atoms with van der Waals surface area (Å²) in [5, 5.41) is 0. The summed E-state index contributed by atoms with van der Waals surface area (Å²) in [6.45, 7) is 4.83. The van der Waals surface area contributed by atoms with E-state index in [1.54, 1.807) is 12.1 Å². The summed E-state index contributed by atoms with van der Waals surface area (Å²) in [6, 6.07) is 3.42. The van der Waals surface area contributed by atoms with Gasteiger partial charge in [0.1, 0.15) is 23.7 Å². The van der Waals surface area contributed by atoms with E-state index >= 15 is 0 Å². The summed E-state index contributed by atoms with van der Waals surface area (Å²) in [5.74, 6) is -0.0525. The molecule has 16 heavy (non-hydrogen) atoms. The van der Waals surface area contributed by atoms with Gasteiger partial charge in [-0.25, -0.2) is 0 Å². The van der Waals surface area contributed by atoms with Gasteiger partial charge in [-0.05, 0) is 25.1 Å². The van der Waals surface area contributed by atoms with Crippen molar-refractivity contribution in [2.24, 2.45) is 0 Å².